The van der Waals surface area contributed by atoms with Crippen LogP contribution in [-0.4, -0.2) is 23.8 Å². The van der Waals surface area contributed by atoms with Gasteiger partial charge in [0, 0.05) is 0 Å². The lowest BCUT2D eigenvalue weighted by Gasteiger charge is -2.40. The molecule has 0 heterocycles. The zero-order chi connectivity index (χ0) is 13.8. The van der Waals surface area contributed by atoms with Crippen LogP contribution in [0.4, 0.5) is 0 Å². The van der Waals surface area contributed by atoms with Gasteiger partial charge in [-0.1, -0.05) is 27.7 Å². The van der Waals surface area contributed by atoms with Crippen LogP contribution in [0.3, 0.4) is 0 Å². The highest BCUT2D eigenvalue weighted by Crippen LogP contribution is 2.39. The molecule has 0 saturated heterocycles. The van der Waals surface area contributed by atoms with Crippen LogP contribution in [0.5, 0.6) is 0 Å². The highest BCUT2D eigenvalue weighted by molar-refractivity contribution is 4.88. The first-order chi connectivity index (χ1) is 8.31. The standard InChI is InChI=1S/C16H33NO/c1-12(2)11-17-7-6-16(5,18)15-9-13(3)8-14(4)10-15/h12-15,17-18H,6-11H2,1-5H3. The van der Waals surface area contributed by atoms with Crippen LogP contribution in [0.15, 0.2) is 0 Å². The van der Waals surface area contributed by atoms with Gasteiger partial charge in [-0.2, -0.15) is 0 Å². The molecule has 0 radical (unpaired) electrons. The van der Waals surface area contributed by atoms with E-state index in [2.05, 4.69) is 33.0 Å². The van der Waals surface area contributed by atoms with Crippen LogP contribution in [0, 0.1) is 23.7 Å². The van der Waals surface area contributed by atoms with E-state index in [1.165, 1.54) is 19.3 Å². The maximum atomic E-state index is 10.7. The molecule has 1 rings (SSSR count). The van der Waals surface area contributed by atoms with Gasteiger partial charge in [0.1, 0.15) is 0 Å². The molecule has 2 N–H and O–H groups in total. The SMILES string of the molecule is CC(C)CNCCC(C)(O)C1CC(C)CC(C)C1. The minimum atomic E-state index is -0.493. The predicted molar refractivity (Wildman–Crippen MR) is 78.6 cm³/mol. The first-order valence-electron chi connectivity index (χ1n) is 7.74. The molecule has 3 atom stereocenters. The molecule has 0 bridgehead atoms. The van der Waals surface area contributed by atoms with Crippen molar-refractivity contribution in [1.29, 1.82) is 0 Å². The second kappa shape index (κ2) is 6.91. The summed E-state index contributed by atoms with van der Waals surface area (Å²) in [5.41, 5.74) is -0.493. The van der Waals surface area contributed by atoms with E-state index in [4.69, 9.17) is 0 Å². The van der Waals surface area contributed by atoms with Crippen LogP contribution in [0.2, 0.25) is 0 Å². The third-order valence-corrected chi connectivity index (χ3v) is 4.42. The smallest absolute Gasteiger partial charge is 0.0660 e. The normalized spacial score (nSPS) is 32.5. The second-order valence-corrected chi connectivity index (χ2v) is 7.32. The van der Waals surface area contributed by atoms with Crippen molar-refractivity contribution in [3.05, 3.63) is 0 Å². The molecule has 0 spiro atoms. The molecule has 1 aliphatic carbocycles. The molecule has 0 aromatic carbocycles. The molecule has 2 nitrogen and oxygen atoms in total. The first kappa shape index (κ1) is 16.0. The van der Waals surface area contributed by atoms with Gasteiger partial charge in [-0.25, -0.2) is 0 Å². The fourth-order valence-electron chi connectivity index (χ4n) is 3.39. The largest absolute Gasteiger partial charge is 0.390 e. The molecule has 2 heteroatoms. The Morgan fingerprint density at radius 3 is 2.22 bits per heavy atom. The van der Waals surface area contributed by atoms with Gasteiger partial charge in [0.2, 0.25) is 0 Å². The van der Waals surface area contributed by atoms with E-state index in [9.17, 15) is 5.11 Å². The van der Waals surface area contributed by atoms with Crippen molar-refractivity contribution in [2.24, 2.45) is 23.7 Å². The van der Waals surface area contributed by atoms with E-state index in [0.29, 0.717) is 11.8 Å². The van der Waals surface area contributed by atoms with E-state index in [1.54, 1.807) is 0 Å². The average molecular weight is 255 g/mol. The molecular weight excluding hydrogens is 222 g/mol. The van der Waals surface area contributed by atoms with E-state index >= 15 is 0 Å². The maximum Gasteiger partial charge on any atom is 0.0660 e. The van der Waals surface area contributed by atoms with E-state index < -0.39 is 5.60 Å². The lowest BCUT2D eigenvalue weighted by atomic mass is 9.69. The molecule has 1 fully saturated rings. The molecule has 1 aliphatic rings. The molecule has 0 aliphatic heterocycles. The van der Waals surface area contributed by atoms with Gasteiger partial charge in [-0.3, -0.25) is 0 Å². The van der Waals surface area contributed by atoms with Crippen LogP contribution in [-0.2, 0) is 0 Å². The van der Waals surface area contributed by atoms with Crippen LogP contribution >= 0.6 is 0 Å². The summed E-state index contributed by atoms with van der Waals surface area (Å²) in [4.78, 5) is 0. The van der Waals surface area contributed by atoms with Crippen LogP contribution in [0.1, 0.15) is 60.3 Å². The first-order valence-corrected chi connectivity index (χ1v) is 7.74. The molecule has 0 amide bonds. The van der Waals surface area contributed by atoms with Gasteiger partial charge < -0.3 is 10.4 Å². The van der Waals surface area contributed by atoms with Crippen molar-refractivity contribution in [3.8, 4) is 0 Å². The third-order valence-electron chi connectivity index (χ3n) is 4.42. The lowest BCUT2D eigenvalue weighted by Crippen LogP contribution is -2.41. The van der Waals surface area contributed by atoms with Crippen molar-refractivity contribution in [2.45, 2.75) is 65.9 Å². The molecule has 1 saturated carbocycles. The van der Waals surface area contributed by atoms with Crippen molar-refractivity contribution < 1.29 is 5.11 Å². The Labute approximate surface area is 114 Å². The Balaban J connectivity index is 2.37. The second-order valence-electron chi connectivity index (χ2n) is 7.32. The van der Waals surface area contributed by atoms with Crippen LogP contribution < -0.4 is 5.32 Å². The topological polar surface area (TPSA) is 32.3 Å². The zero-order valence-corrected chi connectivity index (χ0v) is 13.0. The van der Waals surface area contributed by atoms with Crippen molar-refractivity contribution in [1.82, 2.24) is 5.32 Å². The number of aliphatic hydroxyl groups is 1. The van der Waals surface area contributed by atoms with Gasteiger partial charge >= 0.3 is 0 Å². The quantitative estimate of drug-likeness (QED) is 0.713. The lowest BCUT2D eigenvalue weighted by molar-refractivity contribution is -0.0393. The number of rotatable bonds is 6. The summed E-state index contributed by atoms with van der Waals surface area (Å²) in [7, 11) is 0. The molecule has 0 aromatic heterocycles. The van der Waals surface area contributed by atoms with Gasteiger partial charge in [0.15, 0.2) is 0 Å². The summed E-state index contributed by atoms with van der Waals surface area (Å²) in [6, 6.07) is 0. The average Bonchev–Trinajstić information content (AvgIpc) is 2.23. The fraction of sp³-hybridized carbons (Fsp3) is 1.00. The minimum Gasteiger partial charge on any atom is -0.390 e. The molecule has 18 heavy (non-hydrogen) atoms. The number of hydrogen-bond acceptors (Lipinski definition) is 2. The van der Waals surface area contributed by atoms with Crippen molar-refractivity contribution in [2.75, 3.05) is 13.1 Å². The van der Waals surface area contributed by atoms with E-state index in [0.717, 1.165) is 31.3 Å². The van der Waals surface area contributed by atoms with E-state index in [-0.39, 0.29) is 0 Å². The fourth-order valence-corrected chi connectivity index (χ4v) is 3.39. The molecular formula is C16H33NO. The molecule has 3 unspecified atom stereocenters. The zero-order valence-electron chi connectivity index (χ0n) is 13.0. The van der Waals surface area contributed by atoms with Gasteiger partial charge in [-0.05, 0) is 69.4 Å². The summed E-state index contributed by atoms with van der Waals surface area (Å²) in [6.07, 6.45) is 4.60. The summed E-state index contributed by atoms with van der Waals surface area (Å²) >= 11 is 0. The monoisotopic (exact) mass is 255 g/mol. The highest BCUT2D eigenvalue weighted by Gasteiger charge is 2.36. The summed E-state index contributed by atoms with van der Waals surface area (Å²) < 4.78 is 0. The highest BCUT2D eigenvalue weighted by atomic mass is 16.3. The minimum absolute atomic E-state index is 0.483. The van der Waals surface area contributed by atoms with Gasteiger partial charge in [-0.15, -0.1) is 0 Å². The van der Waals surface area contributed by atoms with E-state index in [1.807, 2.05) is 6.92 Å². The molecule has 0 aromatic rings. The van der Waals surface area contributed by atoms with Gasteiger partial charge in [0.05, 0.1) is 5.60 Å². The number of nitrogens with one attached hydrogen (secondary N) is 1. The number of hydrogen-bond donors (Lipinski definition) is 2. The van der Waals surface area contributed by atoms with Crippen molar-refractivity contribution in [3.63, 3.8) is 0 Å². The summed E-state index contributed by atoms with van der Waals surface area (Å²) in [6.45, 7) is 13.1. The third kappa shape index (κ3) is 5.27. The Hall–Kier alpha value is -0.0800. The predicted octanol–water partition coefficient (Wildman–Crippen LogP) is 3.45. The van der Waals surface area contributed by atoms with Gasteiger partial charge in [0.25, 0.3) is 0 Å². The Kier molecular flexibility index (Phi) is 6.13. The summed E-state index contributed by atoms with van der Waals surface area (Å²) in [5.74, 6) is 2.71. The molecule has 108 valence electrons. The Bertz CT molecular complexity index is 227. The Morgan fingerprint density at radius 2 is 1.72 bits per heavy atom. The van der Waals surface area contributed by atoms with Crippen LogP contribution in [0.25, 0.3) is 0 Å². The summed E-state index contributed by atoms with van der Waals surface area (Å²) in [5, 5.41) is 14.1. The Morgan fingerprint density at radius 1 is 1.17 bits per heavy atom. The maximum absolute atomic E-state index is 10.7. The van der Waals surface area contributed by atoms with Crippen molar-refractivity contribution >= 4 is 0 Å².